The monoisotopic (exact) mass is 322 g/mol. The molecule has 0 bridgehead atoms. The number of hydrogen-bond donors (Lipinski definition) is 1. The SMILES string of the molecule is COCCc1noc(CN(C)C(=O)Nc2ccnn2C(C)C)n1. The third-order valence-corrected chi connectivity index (χ3v) is 3.15. The standard InChI is InChI=1S/C14H22N6O3/c1-10(2)20-12(5-7-15-20)17-14(21)19(3)9-13-16-11(18-23-13)6-8-22-4/h5,7,10H,6,8-9H2,1-4H3,(H,17,21). The normalized spacial score (nSPS) is 11.0. The fourth-order valence-corrected chi connectivity index (χ4v) is 1.95. The highest BCUT2D eigenvalue weighted by Crippen LogP contribution is 2.14. The predicted octanol–water partition coefficient (Wildman–Crippen LogP) is 1.70. The van der Waals surface area contributed by atoms with Gasteiger partial charge in [0.2, 0.25) is 5.89 Å². The molecule has 0 radical (unpaired) electrons. The second-order valence-corrected chi connectivity index (χ2v) is 5.39. The molecule has 0 saturated heterocycles. The Hall–Kier alpha value is -2.42. The van der Waals surface area contributed by atoms with Crippen LogP contribution < -0.4 is 5.32 Å². The van der Waals surface area contributed by atoms with Gasteiger partial charge in [0.1, 0.15) is 12.4 Å². The average molecular weight is 322 g/mol. The molecule has 0 aromatic carbocycles. The van der Waals surface area contributed by atoms with Crippen LogP contribution in [0, 0.1) is 0 Å². The number of nitrogens with one attached hydrogen (secondary N) is 1. The van der Waals surface area contributed by atoms with Gasteiger partial charge in [-0.1, -0.05) is 5.16 Å². The molecule has 2 aromatic heterocycles. The molecular weight excluding hydrogens is 300 g/mol. The lowest BCUT2D eigenvalue weighted by atomic mass is 10.4. The highest BCUT2D eigenvalue weighted by molar-refractivity contribution is 5.88. The van der Waals surface area contributed by atoms with Crippen molar-refractivity contribution in [2.75, 3.05) is 26.1 Å². The van der Waals surface area contributed by atoms with Gasteiger partial charge in [-0.3, -0.25) is 5.32 Å². The molecule has 23 heavy (non-hydrogen) atoms. The molecule has 2 heterocycles. The van der Waals surface area contributed by atoms with E-state index in [0.29, 0.717) is 30.6 Å². The number of urea groups is 1. The predicted molar refractivity (Wildman–Crippen MR) is 83.0 cm³/mol. The molecule has 0 atom stereocenters. The summed E-state index contributed by atoms with van der Waals surface area (Å²) < 4.78 is 11.8. The molecule has 0 unspecified atom stereocenters. The minimum absolute atomic E-state index is 0.157. The van der Waals surface area contributed by atoms with Gasteiger partial charge in [0.05, 0.1) is 12.8 Å². The molecule has 9 heteroatoms. The molecule has 0 spiro atoms. The number of amides is 2. The molecule has 0 aliphatic rings. The zero-order valence-electron chi connectivity index (χ0n) is 13.8. The Morgan fingerprint density at radius 1 is 1.52 bits per heavy atom. The van der Waals surface area contributed by atoms with Crippen molar-refractivity contribution in [3.8, 4) is 0 Å². The van der Waals surface area contributed by atoms with Crippen LogP contribution in [0.3, 0.4) is 0 Å². The topological polar surface area (TPSA) is 98.3 Å². The van der Waals surface area contributed by atoms with Crippen LogP contribution in [0.4, 0.5) is 10.6 Å². The quantitative estimate of drug-likeness (QED) is 0.833. The Morgan fingerprint density at radius 2 is 2.30 bits per heavy atom. The van der Waals surface area contributed by atoms with Gasteiger partial charge in [-0.25, -0.2) is 9.48 Å². The van der Waals surface area contributed by atoms with E-state index < -0.39 is 0 Å². The van der Waals surface area contributed by atoms with Crippen molar-refractivity contribution in [2.24, 2.45) is 0 Å². The van der Waals surface area contributed by atoms with E-state index in [-0.39, 0.29) is 18.6 Å². The summed E-state index contributed by atoms with van der Waals surface area (Å²) in [7, 11) is 3.27. The highest BCUT2D eigenvalue weighted by Gasteiger charge is 2.16. The molecule has 9 nitrogen and oxygen atoms in total. The molecular formula is C14H22N6O3. The summed E-state index contributed by atoms with van der Waals surface area (Å²) in [5, 5.41) is 10.8. The van der Waals surface area contributed by atoms with E-state index >= 15 is 0 Å². The maximum absolute atomic E-state index is 12.2. The highest BCUT2D eigenvalue weighted by atomic mass is 16.5. The van der Waals surface area contributed by atoms with Crippen LogP contribution in [0.25, 0.3) is 0 Å². The summed E-state index contributed by atoms with van der Waals surface area (Å²) in [5.74, 6) is 1.59. The number of anilines is 1. The molecule has 0 aliphatic heterocycles. The number of nitrogens with zero attached hydrogens (tertiary/aromatic N) is 5. The molecule has 2 aromatic rings. The second-order valence-electron chi connectivity index (χ2n) is 5.39. The van der Waals surface area contributed by atoms with E-state index in [0.717, 1.165) is 0 Å². The van der Waals surface area contributed by atoms with Crippen molar-refractivity contribution in [1.82, 2.24) is 24.8 Å². The first-order valence-electron chi connectivity index (χ1n) is 7.37. The first kappa shape index (κ1) is 16.9. The molecule has 126 valence electrons. The maximum Gasteiger partial charge on any atom is 0.323 e. The first-order chi connectivity index (χ1) is 11.0. The Bertz CT molecular complexity index is 636. The van der Waals surface area contributed by atoms with Crippen LogP contribution in [0.2, 0.25) is 0 Å². The number of ether oxygens (including phenoxy) is 1. The van der Waals surface area contributed by atoms with E-state index in [1.54, 1.807) is 31.1 Å². The molecule has 1 N–H and O–H groups in total. The molecule has 0 fully saturated rings. The Morgan fingerprint density at radius 3 is 3.00 bits per heavy atom. The number of carbonyl (C=O) groups excluding carboxylic acids is 1. The van der Waals surface area contributed by atoms with E-state index in [4.69, 9.17) is 9.26 Å². The fraction of sp³-hybridized carbons (Fsp3) is 0.571. The number of methoxy groups -OCH3 is 1. The minimum atomic E-state index is -0.274. The van der Waals surface area contributed by atoms with Crippen molar-refractivity contribution in [2.45, 2.75) is 32.9 Å². The summed E-state index contributed by atoms with van der Waals surface area (Å²) >= 11 is 0. The Kier molecular flexibility index (Phi) is 5.69. The Labute approximate surface area is 134 Å². The largest absolute Gasteiger partial charge is 0.384 e. The summed E-state index contributed by atoms with van der Waals surface area (Å²) in [6, 6.07) is 1.63. The number of hydrogen-bond acceptors (Lipinski definition) is 6. The van der Waals surface area contributed by atoms with Gasteiger partial charge in [0, 0.05) is 32.7 Å². The number of rotatable bonds is 7. The number of aromatic nitrogens is 4. The van der Waals surface area contributed by atoms with Gasteiger partial charge in [0.25, 0.3) is 0 Å². The van der Waals surface area contributed by atoms with Gasteiger partial charge in [-0.15, -0.1) is 0 Å². The molecule has 2 rings (SSSR count). The second kappa shape index (κ2) is 7.73. The summed E-state index contributed by atoms with van der Waals surface area (Å²) in [6.07, 6.45) is 2.22. The van der Waals surface area contributed by atoms with Crippen molar-refractivity contribution in [1.29, 1.82) is 0 Å². The van der Waals surface area contributed by atoms with Gasteiger partial charge < -0.3 is 14.2 Å². The minimum Gasteiger partial charge on any atom is -0.384 e. The van der Waals surface area contributed by atoms with Crippen molar-refractivity contribution in [3.05, 3.63) is 24.0 Å². The van der Waals surface area contributed by atoms with Crippen molar-refractivity contribution >= 4 is 11.8 Å². The lowest BCUT2D eigenvalue weighted by Gasteiger charge is -2.17. The maximum atomic E-state index is 12.2. The molecule has 0 aliphatic carbocycles. The summed E-state index contributed by atoms with van der Waals surface area (Å²) in [5.41, 5.74) is 0. The van der Waals surface area contributed by atoms with Crippen molar-refractivity contribution in [3.63, 3.8) is 0 Å². The van der Waals surface area contributed by atoms with Crippen LogP contribution in [-0.4, -0.2) is 51.6 Å². The third kappa shape index (κ3) is 4.52. The smallest absolute Gasteiger partial charge is 0.323 e. The van der Waals surface area contributed by atoms with E-state index in [1.807, 2.05) is 13.8 Å². The van der Waals surface area contributed by atoms with Crippen molar-refractivity contribution < 1.29 is 14.1 Å². The fourth-order valence-electron chi connectivity index (χ4n) is 1.95. The van der Waals surface area contributed by atoms with Gasteiger partial charge >= 0.3 is 6.03 Å². The van der Waals surface area contributed by atoms with Crippen LogP contribution in [-0.2, 0) is 17.7 Å². The van der Waals surface area contributed by atoms with E-state index in [2.05, 4.69) is 20.6 Å². The average Bonchev–Trinajstić information content (AvgIpc) is 3.14. The lowest BCUT2D eigenvalue weighted by molar-refractivity contribution is 0.199. The lowest BCUT2D eigenvalue weighted by Crippen LogP contribution is -2.32. The van der Waals surface area contributed by atoms with Crippen LogP contribution in [0.5, 0.6) is 0 Å². The van der Waals surface area contributed by atoms with Gasteiger partial charge in [0.15, 0.2) is 5.82 Å². The zero-order valence-corrected chi connectivity index (χ0v) is 13.8. The summed E-state index contributed by atoms with van der Waals surface area (Å²) in [4.78, 5) is 17.9. The third-order valence-electron chi connectivity index (χ3n) is 3.15. The van der Waals surface area contributed by atoms with E-state index in [9.17, 15) is 4.79 Å². The Balaban J connectivity index is 1.92. The first-order valence-corrected chi connectivity index (χ1v) is 7.37. The van der Waals surface area contributed by atoms with Crippen LogP contribution in [0.15, 0.2) is 16.8 Å². The number of carbonyl (C=O) groups is 1. The molecule has 2 amide bonds. The zero-order chi connectivity index (χ0) is 16.8. The van der Waals surface area contributed by atoms with Crippen LogP contribution >= 0.6 is 0 Å². The van der Waals surface area contributed by atoms with E-state index in [1.165, 1.54) is 4.90 Å². The van der Waals surface area contributed by atoms with Gasteiger partial charge in [-0.2, -0.15) is 10.1 Å². The molecule has 0 saturated carbocycles. The van der Waals surface area contributed by atoms with Crippen LogP contribution in [0.1, 0.15) is 31.6 Å². The summed E-state index contributed by atoms with van der Waals surface area (Å²) in [6.45, 7) is 4.73. The van der Waals surface area contributed by atoms with Gasteiger partial charge in [-0.05, 0) is 13.8 Å².